The van der Waals surface area contributed by atoms with Crippen molar-refractivity contribution >= 4 is 48.5 Å². The van der Waals surface area contributed by atoms with Crippen LogP contribution in [0.5, 0.6) is 5.75 Å². The minimum atomic E-state index is 0.668. The number of pyridine rings is 1. The first-order chi connectivity index (χ1) is 7.54. The van der Waals surface area contributed by atoms with Crippen LogP contribution in [0.15, 0.2) is 21.1 Å². The second-order valence-corrected chi connectivity index (χ2v) is 5.16. The number of methoxy groups -OCH3 is 1. The number of hydrogen-bond acceptors (Lipinski definition) is 3. The van der Waals surface area contributed by atoms with Crippen LogP contribution in [0, 0.1) is 6.92 Å². The minimum Gasteiger partial charge on any atom is -0.495 e. The molecule has 0 atom stereocenters. The molecular formula is C11H10Br2N2O. The van der Waals surface area contributed by atoms with Crippen molar-refractivity contribution in [3.8, 4) is 5.75 Å². The minimum absolute atomic E-state index is 0.668. The van der Waals surface area contributed by atoms with Gasteiger partial charge in [-0.15, -0.1) is 0 Å². The molecule has 0 aliphatic rings. The first-order valence-corrected chi connectivity index (χ1v) is 6.22. The van der Waals surface area contributed by atoms with Gasteiger partial charge in [0.05, 0.1) is 22.5 Å². The highest BCUT2D eigenvalue weighted by Gasteiger charge is 2.14. The number of hydrogen-bond donors (Lipinski definition) is 1. The molecule has 0 saturated carbocycles. The number of nitrogens with zero attached hydrogens (tertiary/aromatic N) is 1. The Kier molecular flexibility index (Phi) is 3.08. The summed E-state index contributed by atoms with van der Waals surface area (Å²) in [6.45, 7) is 1.91. The molecule has 2 rings (SSSR count). The molecular weight excluding hydrogens is 336 g/mol. The van der Waals surface area contributed by atoms with Crippen molar-refractivity contribution < 1.29 is 4.74 Å². The normalized spacial score (nSPS) is 10.8. The fourth-order valence-electron chi connectivity index (χ4n) is 1.67. The SMILES string of the molecule is COc1c(Br)cc(Br)c2nc(C)cc(N)c12. The molecule has 3 nitrogen and oxygen atoms in total. The van der Waals surface area contributed by atoms with Gasteiger partial charge in [0.15, 0.2) is 0 Å². The number of aryl methyl sites for hydroxylation is 1. The van der Waals surface area contributed by atoms with E-state index in [2.05, 4.69) is 36.8 Å². The first-order valence-electron chi connectivity index (χ1n) is 4.63. The van der Waals surface area contributed by atoms with Crippen molar-refractivity contribution in [2.45, 2.75) is 6.92 Å². The molecule has 2 aromatic rings. The highest BCUT2D eigenvalue weighted by Crippen LogP contribution is 2.40. The van der Waals surface area contributed by atoms with E-state index in [1.165, 1.54) is 0 Å². The van der Waals surface area contributed by atoms with Gasteiger partial charge in [-0.3, -0.25) is 4.98 Å². The topological polar surface area (TPSA) is 48.1 Å². The van der Waals surface area contributed by atoms with Crippen LogP contribution in [0.3, 0.4) is 0 Å². The standard InChI is InChI=1S/C11H10Br2N2O/c1-5-3-8(14)9-10(15-5)6(12)4-7(13)11(9)16-2/h3-4H,1-2H3,(H2,14,15). The average Bonchev–Trinajstić information content (AvgIpc) is 2.20. The molecule has 1 aromatic heterocycles. The van der Waals surface area contributed by atoms with Crippen LogP contribution in [0.2, 0.25) is 0 Å². The number of rotatable bonds is 1. The van der Waals surface area contributed by atoms with Crippen molar-refractivity contribution in [3.05, 3.63) is 26.8 Å². The molecule has 0 aliphatic heterocycles. The largest absolute Gasteiger partial charge is 0.495 e. The second kappa shape index (κ2) is 4.22. The van der Waals surface area contributed by atoms with E-state index in [1.807, 2.05) is 19.1 Å². The molecule has 5 heteroatoms. The van der Waals surface area contributed by atoms with Gasteiger partial charge in [-0.05, 0) is 50.9 Å². The van der Waals surface area contributed by atoms with Gasteiger partial charge in [0.2, 0.25) is 0 Å². The van der Waals surface area contributed by atoms with Crippen LogP contribution in [-0.4, -0.2) is 12.1 Å². The summed E-state index contributed by atoms with van der Waals surface area (Å²) < 4.78 is 7.09. The summed E-state index contributed by atoms with van der Waals surface area (Å²) in [6.07, 6.45) is 0. The Bertz CT molecular complexity index is 570. The summed E-state index contributed by atoms with van der Waals surface area (Å²) in [6, 6.07) is 3.75. The summed E-state index contributed by atoms with van der Waals surface area (Å²) in [4.78, 5) is 4.46. The van der Waals surface area contributed by atoms with Gasteiger partial charge in [-0.25, -0.2) is 0 Å². The zero-order valence-corrected chi connectivity index (χ0v) is 12.0. The summed E-state index contributed by atoms with van der Waals surface area (Å²) in [5.41, 5.74) is 8.38. The molecule has 0 amide bonds. The van der Waals surface area contributed by atoms with Gasteiger partial charge in [0.1, 0.15) is 5.75 Å². The smallest absolute Gasteiger partial charge is 0.144 e. The predicted octanol–water partition coefficient (Wildman–Crippen LogP) is 3.66. The average molecular weight is 346 g/mol. The van der Waals surface area contributed by atoms with Crippen molar-refractivity contribution in [3.63, 3.8) is 0 Å². The van der Waals surface area contributed by atoms with E-state index >= 15 is 0 Å². The van der Waals surface area contributed by atoms with Gasteiger partial charge in [0, 0.05) is 15.9 Å². The predicted molar refractivity (Wildman–Crippen MR) is 72.8 cm³/mol. The lowest BCUT2D eigenvalue weighted by Crippen LogP contribution is -1.96. The molecule has 0 radical (unpaired) electrons. The maximum absolute atomic E-state index is 6.01. The number of halogens is 2. The number of ether oxygens (including phenoxy) is 1. The number of nitrogens with two attached hydrogens (primary N) is 1. The number of benzene rings is 1. The Hall–Kier alpha value is -0.810. The third kappa shape index (κ3) is 1.78. The maximum Gasteiger partial charge on any atom is 0.144 e. The van der Waals surface area contributed by atoms with Gasteiger partial charge in [0.25, 0.3) is 0 Å². The van der Waals surface area contributed by atoms with Crippen molar-refractivity contribution in [1.29, 1.82) is 0 Å². The zero-order valence-electron chi connectivity index (χ0n) is 8.84. The van der Waals surface area contributed by atoms with Crippen molar-refractivity contribution in [2.75, 3.05) is 12.8 Å². The summed E-state index contributed by atoms with van der Waals surface area (Å²) in [5, 5.41) is 0.828. The lowest BCUT2D eigenvalue weighted by atomic mass is 10.1. The van der Waals surface area contributed by atoms with E-state index < -0.39 is 0 Å². The Morgan fingerprint density at radius 1 is 1.25 bits per heavy atom. The fourth-order valence-corrected chi connectivity index (χ4v) is 3.09. The van der Waals surface area contributed by atoms with Crippen LogP contribution in [0.1, 0.15) is 5.69 Å². The molecule has 0 spiro atoms. The van der Waals surface area contributed by atoms with E-state index in [1.54, 1.807) is 7.11 Å². The number of anilines is 1. The van der Waals surface area contributed by atoms with Gasteiger partial charge < -0.3 is 10.5 Å². The fraction of sp³-hybridized carbons (Fsp3) is 0.182. The van der Waals surface area contributed by atoms with Crippen molar-refractivity contribution in [1.82, 2.24) is 4.98 Å². The lowest BCUT2D eigenvalue weighted by Gasteiger charge is -2.11. The number of nitrogen functional groups attached to an aromatic ring is 1. The maximum atomic E-state index is 6.01. The van der Waals surface area contributed by atoms with E-state index in [-0.39, 0.29) is 0 Å². The summed E-state index contributed by atoms with van der Waals surface area (Å²) >= 11 is 6.92. The van der Waals surface area contributed by atoms with Gasteiger partial charge >= 0.3 is 0 Å². The molecule has 0 bridgehead atoms. The number of aromatic nitrogens is 1. The molecule has 84 valence electrons. The molecule has 1 heterocycles. The summed E-state index contributed by atoms with van der Waals surface area (Å²) in [7, 11) is 1.62. The van der Waals surface area contributed by atoms with Crippen LogP contribution in [0.4, 0.5) is 5.69 Å². The Balaban J connectivity index is 2.99. The Morgan fingerprint density at radius 2 is 1.94 bits per heavy atom. The van der Waals surface area contributed by atoms with E-state index in [0.29, 0.717) is 11.4 Å². The molecule has 0 aliphatic carbocycles. The Morgan fingerprint density at radius 3 is 2.56 bits per heavy atom. The third-order valence-corrected chi connectivity index (χ3v) is 3.50. The van der Waals surface area contributed by atoms with Crippen LogP contribution >= 0.6 is 31.9 Å². The number of fused-ring (bicyclic) bond motifs is 1. The quantitative estimate of drug-likeness (QED) is 0.858. The van der Waals surface area contributed by atoms with E-state index in [9.17, 15) is 0 Å². The molecule has 16 heavy (non-hydrogen) atoms. The molecule has 0 unspecified atom stereocenters. The van der Waals surface area contributed by atoms with Gasteiger partial charge in [-0.1, -0.05) is 0 Å². The van der Waals surface area contributed by atoms with Crippen molar-refractivity contribution in [2.24, 2.45) is 0 Å². The van der Waals surface area contributed by atoms with Crippen LogP contribution in [-0.2, 0) is 0 Å². The molecule has 2 N–H and O–H groups in total. The lowest BCUT2D eigenvalue weighted by molar-refractivity contribution is 0.417. The molecule has 0 fully saturated rings. The summed E-state index contributed by atoms with van der Waals surface area (Å²) in [5.74, 6) is 0.711. The first kappa shape index (κ1) is 11.7. The van der Waals surface area contributed by atoms with Crippen LogP contribution < -0.4 is 10.5 Å². The van der Waals surface area contributed by atoms with Crippen LogP contribution in [0.25, 0.3) is 10.9 Å². The third-order valence-electron chi connectivity index (χ3n) is 2.31. The monoisotopic (exact) mass is 344 g/mol. The van der Waals surface area contributed by atoms with Gasteiger partial charge in [-0.2, -0.15) is 0 Å². The highest BCUT2D eigenvalue weighted by molar-refractivity contribution is 9.11. The van der Waals surface area contributed by atoms with E-state index in [4.69, 9.17) is 10.5 Å². The molecule has 1 aromatic carbocycles. The van der Waals surface area contributed by atoms with E-state index in [0.717, 1.165) is 25.5 Å². The second-order valence-electron chi connectivity index (χ2n) is 3.45. The molecule has 0 saturated heterocycles. The Labute approximate surface area is 110 Å². The highest BCUT2D eigenvalue weighted by atomic mass is 79.9. The zero-order chi connectivity index (χ0) is 11.9.